The molecule has 0 aliphatic carbocycles. The third-order valence-electron chi connectivity index (χ3n) is 4.95. The number of hydrogen-bond donors (Lipinski definition) is 0. The van der Waals surface area contributed by atoms with E-state index < -0.39 is 0 Å². The molecule has 2 saturated heterocycles. The van der Waals surface area contributed by atoms with Gasteiger partial charge >= 0.3 is 0 Å². The fraction of sp³-hybridized carbons (Fsp3) is 0.588. The Morgan fingerprint density at radius 1 is 0.962 bits per heavy atom. The van der Waals surface area contributed by atoms with Crippen molar-refractivity contribution in [2.45, 2.75) is 19.8 Å². The van der Waals surface area contributed by atoms with E-state index in [0.717, 1.165) is 43.6 Å². The van der Waals surface area contributed by atoms with E-state index in [1.807, 2.05) is 11.8 Å². The van der Waals surface area contributed by atoms with Crippen molar-refractivity contribution in [1.82, 2.24) is 29.9 Å². The van der Waals surface area contributed by atoms with Crippen molar-refractivity contribution in [2.75, 3.05) is 49.1 Å². The average molecular weight is 356 g/mol. The maximum atomic E-state index is 12.5. The molecule has 2 aromatic heterocycles. The van der Waals surface area contributed by atoms with Gasteiger partial charge in [-0.05, 0) is 19.8 Å². The number of anilines is 2. The lowest BCUT2D eigenvalue weighted by atomic mass is 10.2. The highest BCUT2D eigenvalue weighted by Gasteiger charge is 2.25. The van der Waals surface area contributed by atoms with Crippen LogP contribution >= 0.6 is 0 Å². The van der Waals surface area contributed by atoms with Crippen LogP contribution in [0.25, 0.3) is 0 Å². The predicted molar refractivity (Wildman–Crippen MR) is 97.3 cm³/mol. The van der Waals surface area contributed by atoms with Crippen LogP contribution in [0.3, 0.4) is 0 Å². The quantitative estimate of drug-likeness (QED) is 0.791. The maximum absolute atomic E-state index is 12.5. The van der Waals surface area contributed by atoms with Gasteiger partial charge in [-0.15, -0.1) is 5.10 Å². The van der Waals surface area contributed by atoms with Gasteiger partial charge < -0.3 is 14.7 Å². The Balaban J connectivity index is 1.43. The predicted octanol–water partition coefficient (Wildman–Crippen LogP) is 0.476. The van der Waals surface area contributed by atoms with Crippen molar-refractivity contribution in [3.8, 4) is 0 Å². The molecule has 2 fully saturated rings. The standard InChI is InChI=1S/C17H24N8O/c1-13-18-15(23-5-3-4-6-23)11-16(19-13)24-7-9-25(10-8-24)17(26)14-12-22(2)21-20-14/h11-12H,3-10H2,1-2H3. The van der Waals surface area contributed by atoms with E-state index in [1.54, 1.807) is 17.9 Å². The topological polar surface area (TPSA) is 83.3 Å². The third kappa shape index (κ3) is 3.33. The van der Waals surface area contributed by atoms with Crippen molar-refractivity contribution >= 4 is 17.5 Å². The van der Waals surface area contributed by atoms with Crippen molar-refractivity contribution in [3.63, 3.8) is 0 Å². The molecule has 9 heteroatoms. The van der Waals surface area contributed by atoms with E-state index >= 15 is 0 Å². The number of aryl methyl sites for hydroxylation is 2. The Morgan fingerprint density at radius 3 is 2.15 bits per heavy atom. The Kier molecular flexibility index (Phi) is 4.44. The third-order valence-corrected chi connectivity index (χ3v) is 4.95. The minimum Gasteiger partial charge on any atom is -0.356 e. The van der Waals surface area contributed by atoms with Gasteiger partial charge in [-0.2, -0.15) is 0 Å². The molecule has 2 aliphatic heterocycles. The normalized spacial score (nSPS) is 17.8. The van der Waals surface area contributed by atoms with Crippen molar-refractivity contribution in [2.24, 2.45) is 7.05 Å². The molecule has 26 heavy (non-hydrogen) atoms. The first-order chi connectivity index (χ1) is 12.6. The zero-order chi connectivity index (χ0) is 18.1. The first-order valence-electron chi connectivity index (χ1n) is 9.11. The molecule has 0 N–H and O–H groups in total. The van der Waals surface area contributed by atoms with E-state index in [4.69, 9.17) is 0 Å². The molecule has 0 spiro atoms. The van der Waals surface area contributed by atoms with Crippen LogP contribution in [0, 0.1) is 6.92 Å². The van der Waals surface area contributed by atoms with Gasteiger partial charge in [0, 0.05) is 52.4 Å². The molecule has 0 radical (unpaired) electrons. The summed E-state index contributed by atoms with van der Waals surface area (Å²) in [5.74, 6) is 2.70. The summed E-state index contributed by atoms with van der Waals surface area (Å²) in [6.07, 6.45) is 4.11. The molecule has 1 amide bonds. The lowest BCUT2D eigenvalue weighted by molar-refractivity contribution is 0.0740. The van der Waals surface area contributed by atoms with Crippen LogP contribution < -0.4 is 9.80 Å². The summed E-state index contributed by atoms with van der Waals surface area (Å²) in [6, 6.07) is 2.08. The van der Waals surface area contributed by atoms with Gasteiger partial charge in [0.1, 0.15) is 17.5 Å². The number of carbonyl (C=O) groups is 1. The molecular weight excluding hydrogens is 332 g/mol. The molecule has 2 aromatic rings. The molecule has 0 bridgehead atoms. The van der Waals surface area contributed by atoms with Crippen molar-refractivity contribution in [1.29, 1.82) is 0 Å². The molecule has 0 atom stereocenters. The molecule has 4 rings (SSSR count). The Morgan fingerprint density at radius 2 is 1.58 bits per heavy atom. The maximum Gasteiger partial charge on any atom is 0.276 e. The number of nitrogens with zero attached hydrogens (tertiary/aromatic N) is 8. The van der Waals surface area contributed by atoms with Crippen LogP contribution in [0.15, 0.2) is 12.3 Å². The fourth-order valence-corrected chi connectivity index (χ4v) is 3.55. The summed E-state index contributed by atoms with van der Waals surface area (Å²) in [6.45, 7) is 6.88. The number of amides is 1. The summed E-state index contributed by atoms with van der Waals surface area (Å²) in [5.41, 5.74) is 0.398. The van der Waals surface area contributed by atoms with Crippen molar-refractivity contribution in [3.05, 3.63) is 23.8 Å². The highest BCUT2D eigenvalue weighted by molar-refractivity contribution is 5.92. The highest BCUT2D eigenvalue weighted by atomic mass is 16.2. The number of hydrogen-bond acceptors (Lipinski definition) is 7. The summed E-state index contributed by atoms with van der Waals surface area (Å²) in [7, 11) is 1.76. The molecule has 0 unspecified atom stereocenters. The van der Waals surface area contributed by atoms with Gasteiger partial charge in [-0.25, -0.2) is 9.97 Å². The van der Waals surface area contributed by atoms with Gasteiger partial charge in [0.2, 0.25) is 0 Å². The van der Waals surface area contributed by atoms with Gasteiger partial charge in [-0.1, -0.05) is 5.21 Å². The monoisotopic (exact) mass is 356 g/mol. The summed E-state index contributed by atoms with van der Waals surface area (Å²) in [4.78, 5) is 28.1. The first-order valence-corrected chi connectivity index (χ1v) is 9.11. The zero-order valence-corrected chi connectivity index (χ0v) is 15.3. The Labute approximate surface area is 152 Å². The van der Waals surface area contributed by atoms with Gasteiger partial charge in [0.25, 0.3) is 5.91 Å². The molecule has 9 nitrogen and oxygen atoms in total. The minimum absolute atomic E-state index is 0.0608. The summed E-state index contributed by atoms with van der Waals surface area (Å²) in [5, 5.41) is 7.76. The largest absolute Gasteiger partial charge is 0.356 e. The van der Waals surface area contributed by atoms with Crippen LogP contribution in [-0.2, 0) is 7.05 Å². The van der Waals surface area contributed by atoms with Crippen LogP contribution in [0.2, 0.25) is 0 Å². The van der Waals surface area contributed by atoms with Gasteiger partial charge in [-0.3, -0.25) is 9.48 Å². The summed E-state index contributed by atoms with van der Waals surface area (Å²) >= 11 is 0. The SMILES string of the molecule is Cc1nc(N2CCCC2)cc(N2CCN(C(=O)c3cn(C)nn3)CC2)n1. The van der Waals surface area contributed by atoms with E-state index in [1.165, 1.54) is 12.8 Å². The zero-order valence-electron chi connectivity index (χ0n) is 15.3. The molecular formula is C17H24N8O. The number of piperazine rings is 1. The second-order valence-electron chi connectivity index (χ2n) is 6.88. The van der Waals surface area contributed by atoms with Crippen molar-refractivity contribution < 1.29 is 4.79 Å². The van der Waals surface area contributed by atoms with E-state index in [9.17, 15) is 4.79 Å². The van der Waals surface area contributed by atoms with E-state index in [0.29, 0.717) is 18.8 Å². The molecule has 0 aromatic carbocycles. The average Bonchev–Trinajstić information content (AvgIpc) is 3.32. The Bertz CT molecular complexity index is 790. The minimum atomic E-state index is -0.0608. The van der Waals surface area contributed by atoms with Crippen LogP contribution in [-0.4, -0.2) is 75.0 Å². The lowest BCUT2D eigenvalue weighted by Crippen LogP contribution is -2.49. The summed E-state index contributed by atoms with van der Waals surface area (Å²) < 4.78 is 1.55. The van der Waals surface area contributed by atoms with E-state index in [-0.39, 0.29) is 5.91 Å². The molecule has 0 saturated carbocycles. The van der Waals surface area contributed by atoms with Crippen LogP contribution in [0.5, 0.6) is 0 Å². The molecule has 138 valence electrons. The number of aromatic nitrogens is 5. The first kappa shape index (κ1) is 16.7. The molecule has 4 heterocycles. The fourth-order valence-electron chi connectivity index (χ4n) is 3.55. The van der Waals surface area contributed by atoms with E-state index in [2.05, 4.69) is 36.1 Å². The van der Waals surface area contributed by atoms with Gasteiger partial charge in [0.15, 0.2) is 5.69 Å². The smallest absolute Gasteiger partial charge is 0.276 e. The number of rotatable bonds is 3. The van der Waals surface area contributed by atoms with Gasteiger partial charge in [0.05, 0.1) is 6.20 Å². The van der Waals surface area contributed by atoms with Crippen LogP contribution in [0.4, 0.5) is 11.6 Å². The Hall–Kier alpha value is -2.71. The highest BCUT2D eigenvalue weighted by Crippen LogP contribution is 2.23. The second-order valence-corrected chi connectivity index (χ2v) is 6.88. The number of carbonyl (C=O) groups excluding carboxylic acids is 1. The van der Waals surface area contributed by atoms with Crippen LogP contribution in [0.1, 0.15) is 29.2 Å². The lowest BCUT2D eigenvalue weighted by Gasteiger charge is -2.35. The second kappa shape index (κ2) is 6.89. The molecule has 2 aliphatic rings.